The quantitative estimate of drug-likeness (QED) is 0.696. The molecular weight excluding hydrogens is 172 g/mol. The van der Waals surface area contributed by atoms with E-state index in [4.69, 9.17) is 5.11 Å². The zero-order valence-corrected chi connectivity index (χ0v) is 5.79. The van der Waals surface area contributed by atoms with Crippen molar-refractivity contribution in [3.63, 3.8) is 0 Å². The average molecular weight is 179 g/mol. The van der Waals surface area contributed by atoms with Gasteiger partial charge in [-0.05, 0) is 6.92 Å². The van der Waals surface area contributed by atoms with Gasteiger partial charge in [0.15, 0.2) is 6.17 Å². The molecule has 0 fully saturated rings. The molecule has 0 bridgehead atoms. The van der Waals surface area contributed by atoms with Crippen molar-refractivity contribution in [1.29, 1.82) is 0 Å². The summed E-state index contributed by atoms with van der Waals surface area (Å²) in [5.41, 5.74) is 0. The van der Waals surface area contributed by atoms with Crippen molar-refractivity contribution >= 4 is 18.4 Å². The fourth-order valence-corrected chi connectivity index (χ4v) is 0.170. The fraction of sp³-hybridized carbons (Fsp3) is 0.750. The number of hydrogen-bond donors (Lipinski definition) is 1. The van der Waals surface area contributed by atoms with Crippen molar-refractivity contribution in [3.05, 3.63) is 0 Å². The summed E-state index contributed by atoms with van der Waals surface area (Å²) in [6.45, 7) is 0.494. The summed E-state index contributed by atoms with van der Waals surface area (Å²) in [4.78, 5) is 9.47. The van der Waals surface area contributed by atoms with Gasteiger partial charge in [-0.25, -0.2) is 9.18 Å². The second-order valence-electron chi connectivity index (χ2n) is 1.54. The average Bonchev–Trinajstić information content (AvgIpc) is 1.65. The third-order valence-corrected chi connectivity index (χ3v) is 0.785. The van der Waals surface area contributed by atoms with Crippen LogP contribution in [0.1, 0.15) is 6.92 Å². The summed E-state index contributed by atoms with van der Waals surface area (Å²) in [5, 5.41) is 7.62. The van der Waals surface area contributed by atoms with Crippen LogP contribution >= 0.6 is 12.4 Å². The van der Waals surface area contributed by atoms with Crippen LogP contribution in [0.15, 0.2) is 0 Å². The Labute approximate surface area is 61.4 Å². The van der Waals surface area contributed by atoms with E-state index in [-0.39, 0.29) is 12.4 Å². The summed E-state index contributed by atoms with van der Waals surface area (Å²) < 4.78 is 35.0. The monoisotopic (exact) mass is 178 g/mol. The SMILES string of the molecule is CC(F)C(F)(F)C(=O)O.Cl. The molecule has 0 aliphatic rings. The molecule has 0 aromatic rings. The van der Waals surface area contributed by atoms with E-state index in [0.717, 1.165) is 0 Å². The minimum Gasteiger partial charge on any atom is -0.477 e. The Hall–Kier alpha value is -0.450. The Morgan fingerprint density at radius 2 is 1.90 bits per heavy atom. The van der Waals surface area contributed by atoms with E-state index < -0.39 is 18.1 Å². The first-order chi connectivity index (χ1) is 3.89. The van der Waals surface area contributed by atoms with E-state index >= 15 is 0 Å². The van der Waals surface area contributed by atoms with Crippen molar-refractivity contribution < 1.29 is 23.1 Å². The molecule has 1 N–H and O–H groups in total. The van der Waals surface area contributed by atoms with Gasteiger partial charge in [0, 0.05) is 0 Å². The van der Waals surface area contributed by atoms with Crippen LogP contribution < -0.4 is 0 Å². The zero-order chi connectivity index (χ0) is 7.65. The second-order valence-corrected chi connectivity index (χ2v) is 1.54. The Kier molecular flexibility index (Phi) is 4.47. The van der Waals surface area contributed by atoms with Gasteiger partial charge in [-0.3, -0.25) is 0 Å². The van der Waals surface area contributed by atoms with Crippen molar-refractivity contribution in [2.24, 2.45) is 0 Å². The number of alkyl halides is 3. The maximum Gasteiger partial charge on any atom is 0.377 e. The number of rotatable bonds is 2. The van der Waals surface area contributed by atoms with Crippen LogP contribution in [-0.2, 0) is 4.79 Å². The molecule has 0 aromatic carbocycles. The van der Waals surface area contributed by atoms with Crippen LogP contribution in [0.2, 0.25) is 0 Å². The number of hydrogen-bond acceptors (Lipinski definition) is 1. The molecule has 0 rings (SSSR count). The number of carboxylic acid groups (broad SMARTS) is 1. The molecule has 2 nitrogen and oxygen atoms in total. The molecule has 0 spiro atoms. The molecule has 0 saturated carbocycles. The van der Waals surface area contributed by atoms with Gasteiger partial charge in [-0.1, -0.05) is 0 Å². The maximum atomic E-state index is 11.7. The first kappa shape index (κ1) is 12.2. The fourth-order valence-electron chi connectivity index (χ4n) is 0.170. The summed E-state index contributed by atoms with van der Waals surface area (Å²) in [5.74, 6) is -6.68. The lowest BCUT2D eigenvalue weighted by atomic mass is 10.2. The highest BCUT2D eigenvalue weighted by molar-refractivity contribution is 5.85. The summed E-state index contributed by atoms with van der Waals surface area (Å²) in [7, 11) is 0. The lowest BCUT2D eigenvalue weighted by Gasteiger charge is -2.10. The summed E-state index contributed by atoms with van der Waals surface area (Å²) in [6.07, 6.45) is -2.64. The second kappa shape index (κ2) is 3.65. The van der Waals surface area contributed by atoms with Crippen molar-refractivity contribution in [2.45, 2.75) is 19.0 Å². The van der Waals surface area contributed by atoms with Gasteiger partial charge in [-0.15, -0.1) is 12.4 Å². The van der Waals surface area contributed by atoms with E-state index in [2.05, 4.69) is 0 Å². The Bertz CT molecular complexity index is 126. The lowest BCUT2D eigenvalue weighted by Crippen LogP contribution is -2.36. The van der Waals surface area contributed by atoms with Crippen LogP contribution in [0.3, 0.4) is 0 Å². The van der Waals surface area contributed by atoms with E-state index in [9.17, 15) is 18.0 Å². The number of carbonyl (C=O) groups is 1. The standard InChI is InChI=1S/C4H5F3O2.ClH/c1-2(5)4(6,7)3(8)9;/h2H,1H3,(H,8,9);1H. The van der Waals surface area contributed by atoms with Crippen LogP contribution in [0.4, 0.5) is 13.2 Å². The van der Waals surface area contributed by atoms with Crippen molar-refractivity contribution in [3.8, 4) is 0 Å². The van der Waals surface area contributed by atoms with Crippen LogP contribution in [0.5, 0.6) is 0 Å². The van der Waals surface area contributed by atoms with E-state index in [1.165, 1.54) is 0 Å². The smallest absolute Gasteiger partial charge is 0.377 e. The Morgan fingerprint density at radius 3 is 1.90 bits per heavy atom. The van der Waals surface area contributed by atoms with Gasteiger partial charge in [0.2, 0.25) is 0 Å². The molecule has 1 unspecified atom stereocenters. The predicted molar refractivity (Wildman–Crippen MR) is 30.4 cm³/mol. The minimum absolute atomic E-state index is 0. The molecule has 62 valence electrons. The highest BCUT2D eigenvalue weighted by Crippen LogP contribution is 2.20. The molecule has 0 saturated heterocycles. The number of halogens is 4. The summed E-state index contributed by atoms with van der Waals surface area (Å²) >= 11 is 0. The third kappa shape index (κ3) is 2.43. The van der Waals surface area contributed by atoms with Gasteiger partial charge in [0.1, 0.15) is 0 Å². The molecule has 0 heterocycles. The maximum absolute atomic E-state index is 11.7. The number of aliphatic carboxylic acids is 1. The molecule has 0 aliphatic carbocycles. The summed E-state index contributed by atoms with van der Waals surface area (Å²) in [6, 6.07) is 0. The first-order valence-electron chi connectivity index (χ1n) is 2.14. The highest BCUT2D eigenvalue weighted by atomic mass is 35.5. The van der Waals surface area contributed by atoms with E-state index in [1.807, 2.05) is 0 Å². The molecule has 0 aromatic heterocycles. The highest BCUT2D eigenvalue weighted by Gasteiger charge is 2.45. The lowest BCUT2D eigenvalue weighted by molar-refractivity contribution is -0.173. The van der Waals surface area contributed by atoms with Gasteiger partial charge < -0.3 is 5.11 Å². The topological polar surface area (TPSA) is 37.3 Å². The molecule has 10 heavy (non-hydrogen) atoms. The van der Waals surface area contributed by atoms with Crippen LogP contribution in [-0.4, -0.2) is 23.2 Å². The normalized spacial score (nSPS) is 13.6. The third-order valence-electron chi connectivity index (χ3n) is 0.785. The molecule has 0 amide bonds. The van der Waals surface area contributed by atoms with Crippen molar-refractivity contribution in [1.82, 2.24) is 0 Å². The van der Waals surface area contributed by atoms with Gasteiger partial charge >= 0.3 is 11.9 Å². The Balaban J connectivity index is 0. The molecule has 0 radical (unpaired) electrons. The van der Waals surface area contributed by atoms with Gasteiger partial charge in [0.05, 0.1) is 0 Å². The zero-order valence-electron chi connectivity index (χ0n) is 4.97. The van der Waals surface area contributed by atoms with Gasteiger partial charge in [0.25, 0.3) is 0 Å². The minimum atomic E-state index is -4.25. The van der Waals surface area contributed by atoms with Crippen molar-refractivity contribution in [2.75, 3.05) is 0 Å². The van der Waals surface area contributed by atoms with Crippen LogP contribution in [0.25, 0.3) is 0 Å². The largest absolute Gasteiger partial charge is 0.477 e. The molecular formula is C4H6ClF3O2. The molecule has 6 heteroatoms. The molecule has 0 aliphatic heterocycles. The number of carboxylic acids is 1. The van der Waals surface area contributed by atoms with E-state index in [1.54, 1.807) is 0 Å². The van der Waals surface area contributed by atoms with Gasteiger partial charge in [-0.2, -0.15) is 8.78 Å². The Morgan fingerprint density at radius 1 is 1.60 bits per heavy atom. The first-order valence-corrected chi connectivity index (χ1v) is 2.14. The van der Waals surface area contributed by atoms with Crippen LogP contribution in [0, 0.1) is 0 Å². The predicted octanol–water partition coefficient (Wildman–Crippen LogP) is 1.49. The molecule has 1 atom stereocenters. The van der Waals surface area contributed by atoms with E-state index in [0.29, 0.717) is 6.92 Å².